The molecule has 8 N–H and O–H groups in total. The number of phenolic OH excluding ortho intramolecular Hbond substituents is 1. The van der Waals surface area contributed by atoms with Crippen molar-refractivity contribution in [1.29, 1.82) is 5.41 Å². The number of nitrogens with two attached hydrogens (primary N) is 2. The molecule has 1 aromatic carbocycles. The fraction of sp³-hybridized carbons (Fsp3) is 0.278. The largest absolute Gasteiger partial charge is 0.507 e. The van der Waals surface area contributed by atoms with E-state index in [1.807, 2.05) is 0 Å². The molecule has 3 rings (SSSR count). The van der Waals surface area contributed by atoms with Gasteiger partial charge in [0.1, 0.15) is 35.7 Å². The number of aromatic hydroxyl groups is 1. The normalized spacial score (nSPS) is 18.1. The summed E-state index contributed by atoms with van der Waals surface area (Å²) in [6.07, 6.45) is 0. The molecule has 1 aliphatic rings. The van der Waals surface area contributed by atoms with Crippen molar-refractivity contribution in [2.24, 2.45) is 10.9 Å². The lowest BCUT2D eigenvalue weighted by molar-refractivity contribution is -0.143. The number of nitrogen functional groups attached to an aromatic ring is 2. The number of thiazole rings is 1. The quantitative estimate of drug-likeness (QED) is 0.0548. The molecule has 2 aromatic rings. The van der Waals surface area contributed by atoms with E-state index in [1.54, 1.807) is 0 Å². The number of rotatable bonds is 10. The monoisotopic (exact) mass is 527 g/mol. The Hall–Kier alpha value is -3.96. The van der Waals surface area contributed by atoms with Crippen molar-refractivity contribution in [2.45, 2.75) is 19.0 Å². The number of oxime groups is 1. The van der Waals surface area contributed by atoms with Gasteiger partial charge in [-0.05, 0) is 19.1 Å². The van der Waals surface area contributed by atoms with Crippen LogP contribution < -0.4 is 21.5 Å². The molecular weight excluding hydrogens is 506 g/mol. The lowest BCUT2D eigenvalue weighted by atomic mass is 10.0. The van der Waals surface area contributed by atoms with Crippen molar-refractivity contribution in [3.63, 3.8) is 0 Å². The predicted molar refractivity (Wildman–Crippen MR) is 123 cm³/mol. The van der Waals surface area contributed by atoms with E-state index in [1.165, 1.54) is 30.5 Å². The summed E-state index contributed by atoms with van der Waals surface area (Å²) in [6.45, 7) is 1.14. The number of ether oxygens (including phenoxy) is 1. The zero-order chi connectivity index (χ0) is 25.9. The number of nitrogens with one attached hydrogen (secondary N) is 2. The van der Waals surface area contributed by atoms with Gasteiger partial charge >= 0.3 is 10.3 Å². The highest BCUT2D eigenvalue weighted by molar-refractivity contribution is 7.84. The SMILES string of the molecule is CC1C(NC(=O)C(=NOCCOc2ccc(C(=N)N)c(O)c2)c2csc(N)n2)C(=O)N1S(=O)(=O)O. The van der Waals surface area contributed by atoms with E-state index in [2.05, 4.69) is 15.5 Å². The third kappa shape index (κ3) is 5.76. The third-order valence-electron chi connectivity index (χ3n) is 4.71. The van der Waals surface area contributed by atoms with E-state index in [0.717, 1.165) is 11.3 Å². The van der Waals surface area contributed by atoms with Crippen LogP contribution in [-0.4, -0.2) is 76.0 Å². The van der Waals surface area contributed by atoms with Crippen molar-refractivity contribution in [3.05, 3.63) is 34.8 Å². The first kappa shape index (κ1) is 25.7. The molecule has 2 unspecified atom stereocenters. The van der Waals surface area contributed by atoms with Crippen LogP contribution in [0.15, 0.2) is 28.7 Å². The van der Waals surface area contributed by atoms with E-state index < -0.39 is 34.2 Å². The Morgan fingerprint density at radius 2 is 2.11 bits per heavy atom. The van der Waals surface area contributed by atoms with Gasteiger partial charge in [0.15, 0.2) is 17.5 Å². The molecule has 2 atom stereocenters. The van der Waals surface area contributed by atoms with E-state index in [0.29, 0.717) is 0 Å². The Bertz CT molecular complexity index is 1290. The van der Waals surface area contributed by atoms with Crippen LogP contribution in [0, 0.1) is 5.41 Å². The number of carbonyl (C=O) groups excluding carboxylic acids is 2. The summed E-state index contributed by atoms with van der Waals surface area (Å²) in [4.78, 5) is 33.9. The number of anilines is 1. The Balaban J connectivity index is 1.63. The first-order valence-corrected chi connectivity index (χ1v) is 12.0. The molecule has 0 bridgehead atoms. The topological polar surface area (TPSA) is 244 Å². The fourth-order valence-electron chi connectivity index (χ4n) is 3.05. The second kappa shape index (κ2) is 10.1. The van der Waals surface area contributed by atoms with Crippen LogP contribution in [0.2, 0.25) is 0 Å². The van der Waals surface area contributed by atoms with Crippen LogP contribution in [0.1, 0.15) is 18.2 Å². The minimum atomic E-state index is -4.75. The molecule has 2 amide bonds. The van der Waals surface area contributed by atoms with Gasteiger partial charge in [-0.2, -0.15) is 8.42 Å². The second-order valence-electron chi connectivity index (χ2n) is 7.09. The van der Waals surface area contributed by atoms with Gasteiger partial charge in [0, 0.05) is 11.4 Å². The number of hydrogen-bond acceptors (Lipinski definition) is 12. The van der Waals surface area contributed by atoms with Gasteiger partial charge in [-0.25, -0.2) is 9.29 Å². The van der Waals surface area contributed by atoms with Crippen molar-refractivity contribution in [1.82, 2.24) is 14.6 Å². The summed E-state index contributed by atoms with van der Waals surface area (Å²) in [5.41, 5.74) is 10.8. The number of benzene rings is 1. The molecule has 35 heavy (non-hydrogen) atoms. The molecule has 188 valence electrons. The maximum atomic E-state index is 12.7. The van der Waals surface area contributed by atoms with Crippen LogP contribution in [0.3, 0.4) is 0 Å². The van der Waals surface area contributed by atoms with E-state index in [9.17, 15) is 23.1 Å². The Morgan fingerprint density at radius 3 is 2.66 bits per heavy atom. The fourth-order valence-corrected chi connectivity index (χ4v) is 4.48. The highest BCUT2D eigenvalue weighted by Crippen LogP contribution is 2.24. The Labute approximate surface area is 202 Å². The summed E-state index contributed by atoms with van der Waals surface area (Å²) < 4.78 is 37.2. The zero-order valence-corrected chi connectivity index (χ0v) is 19.7. The molecule has 1 saturated heterocycles. The summed E-state index contributed by atoms with van der Waals surface area (Å²) >= 11 is 1.03. The molecule has 1 aliphatic heterocycles. The number of amidine groups is 1. The van der Waals surface area contributed by atoms with E-state index >= 15 is 0 Å². The molecule has 0 radical (unpaired) electrons. The van der Waals surface area contributed by atoms with Gasteiger partial charge in [0.25, 0.3) is 11.8 Å². The third-order valence-corrected chi connectivity index (χ3v) is 6.39. The lowest BCUT2D eigenvalue weighted by Gasteiger charge is -2.42. The molecule has 1 fully saturated rings. The van der Waals surface area contributed by atoms with Crippen molar-refractivity contribution in [3.8, 4) is 11.5 Å². The minimum Gasteiger partial charge on any atom is -0.507 e. The van der Waals surface area contributed by atoms with Gasteiger partial charge in [-0.1, -0.05) is 5.16 Å². The summed E-state index contributed by atoms with van der Waals surface area (Å²) in [7, 11) is -4.75. The molecule has 0 aliphatic carbocycles. The Kier molecular flexibility index (Phi) is 7.42. The molecule has 1 aromatic heterocycles. The zero-order valence-electron chi connectivity index (χ0n) is 18.0. The van der Waals surface area contributed by atoms with Gasteiger partial charge in [-0.3, -0.25) is 19.6 Å². The van der Waals surface area contributed by atoms with Gasteiger partial charge in [-0.15, -0.1) is 11.3 Å². The number of amides is 2. The van der Waals surface area contributed by atoms with Crippen LogP contribution in [0.5, 0.6) is 11.5 Å². The number of phenols is 1. The first-order valence-electron chi connectivity index (χ1n) is 9.73. The number of aromatic nitrogens is 1. The molecule has 17 heteroatoms. The van der Waals surface area contributed by atoms with Gasteiger partial charge in [0.05, 0.1) is 11.6 Å². The van der Waals surface area contributed by atoms with Gasteiger partial charge in [0.2, 0.25) is 0 Å². The molecule has 0 spiro atoms. The number of β-lactam (4-membered cyclic amide) rings is 1. The maximum absolute atomic E-state index is 12.7. The molecular formula is C18H21N7O8S2. The van der Waals surface area contributed by atoms with Crippen LogP contribution in [0.25, 0.3) is 0 Å². The van der Waals surface area contributed by atoms with Crippen LogP contribution in [-0.2, 0) is 24.7 Å². The van der Waals surface area contributed by atoms with E-state index in [-0.39, 0.29) is 57.0 Å². The van der Waals surface area contributed by atoms with Crippen molar-refractivity contribution >= 4 is 50.1 Å². The smallest absolute Gasteiger partial charge is 0.362 e. The van der Waals surface area contributed by atoms with Crippen molar-refractivity contribution < 1.29 is 37.2 Å². The lowest BCUT2D eigenvalue weighted by Crippen LogP contribution is -2.71. The van der Waals surface area contributed by atoms with Crippen LogP contribution >= 0.6 is 11.3 Å². The predicted octanol–water partition coefficient (Wildman–Crippen LogP) is -0.967. The first-order chi connectivity index (χ1) is 16.4. The number of carbonyl (C=O) groups is 2. The molecule has 15 nitrogen and oxygen atoms in total. The number of nitrogens with zero attached hydrogens (tertiary/aromatic N) is 3. The average Bonchev–Trinajstić information content (AvgIpc) is 3.19. The Morgan fingerprint density at radius 1 is 1.40 bits per heavy atom. The molecule has 0 saturated carbocycles. The second-order valence-corrected chi connectivity index (χ2v) is 9.27. The summed E-state index contributed by atoms with van der Waals surface area (Å²) in [6, 6.07) is 1.92. The van der Waals surface area contributed by atoms with Gasteiger partial charge < -0.3 is 31.5 Å². The number of hydrogen-bond donors (Lipinski definition) is 6. The summed E-state index contributed by atoms with van der Waals surface area (Å²) in [5.74, 6) is -2.17. The minimum absolute atomic E-state index is 0.0437. The maximum Gasteiger partial charge on any atom is 0.362 e. The van der Waals surface area contributed by atoms with Crippen LogP contribution in [0.4, 0.5) is 5.13 Å². The summed E-state index contributed by atoms with van der Waals surface area (Å²) in [5, 5.41) is 24.8. The van der Waals surface area contributed by atoms with E-state index in [4.69, 9.17) is 31.0 Å². The van der Waals surface area contributed by atoms with Crippen molar-refractivity contribution in [2.75, 3.05) is 18.9 Å². The standard InChI is InChI=1S/C18H21N7O8S2/c1-8-13(17(28)25(8)35(29,30)31)23-16(27)14(11-7-34-18(21)22-11)24-33-5-4-32-9-2-3-10(15(19)20)12(26)6-9/h2-3,6-8,13,26H,4-5H2,1H3,(H3,19,20)(H2,21,22)(H,23,27)(H,29,30,31). The highest BCUT2D eigenvalue weighted by atomic mass is 32.2. The average molecular weight is 528 g/mol. The molecule has 2 heterocycles. The highest BCUT2D eigenvalue weighted by Gasteiger charge is 2.51.